The van der Waals surface area contributed by atoms with Crippen molar-refractivity contribution in [3.05, 3.63) is 83.6 Å². The normalized spacial score (nSPS) is 16.7. The molecule has 2 aromatic rings. The SMILES string of the molecule is CC(C)(C)[Si](C)(C)O[C@@H](c1ccccc1)[C@H](NC1=CC(=O)OC1)c1ccccc1. The molecule has 1 N–H and O–H groups in total. The Labute approximate surface area is 175 Å². The number of ether oxygens (including phenoxy) is 1. The van der Waals surface area contributed by atoms with Crippen molar-refractivity contribution in [1.29, 1.82) is 0 Å². The number of rotatable bonds is 7. The van der Waals surface area contributed by atoms with Gasteiger partial charge in [0.15, 0.2) is 8.32 Å². The lowest BCUT2D eigenvalue weighted by Crippen LogP contribution is -2.44. The highest BCUT2D eigenvalue weighted by molar-refractivity contribution is 6.74. The maximum absolute atomic E-state index is 11.6. The maximum Gasteiger partial charge on any atom is 0.333 e. The molecule has 0 aromatic heterocycles. The molecule has 4 nitrogen and oxygen atoms in total. The van der Waals surface area contributed by atoms with Crippen LogP contribution in [0.25, 0.3) is 0 Å². The molecule has 5 heteroatoms. The van der Waals surface area contributed by atoms with E-state index in [1.165, 1.54) is 6.08 Å². The van der Waals surface area contributed by atoms with Crippen molar-refractivity contribution in [2.45, 2.75) is 51.0 Å². The lowest BCUT2D eigenvalue weighted by Gasteiger charge is -2.42. The third kappa shape index (κ3) is 5.17. The molecule has 0 saturated heterocycles. The van der Waals surface area contributed by atoms with Crippen LogP contribution in [0.1, 0.15) is 44.0 Å². The van der Waals surface area contributed by atoms with Crippen LogP contribution in [0.4, 0.5) is 0 Å². The number of carbonyl (C=O) groups is 1. The van der Waals surface area contributed by atoms with Gasteiger partial charge in [-0.2, -0.15) is 0 Å². The van der Waals surface area contributed by atoms with Gasteiger partial charge >= 0.3 is 5.97 Å². The van der Waals surface area contributed by atoms with Gasteiger partial charge in [-0.05, 0) is 29.3 Å². The Balaban J connectivity index is 2.04. The van der Waals surface area contributed by atoms with Gasteiger partial charge in [-0.25, -0.2) is 4.79 Å². The summed E-state index contributed by atoms with van der Waals surface area (Å²) in [5.74, 6) is -0.305. The lowest BCUT2D eigenvalue weighted by molar-refractivity contribution is -0.134. The third-order valence-electron chi connectivity index (χ3n) is 5.82. The molecule has 1 aliphatic heterocycles. The Bertz CT molecular complexity index is 857. The van der Waals surface area contributed by atoms with Crippen molar-refractivity contribution >= 4 is 14.3 Å². The second-order valence-corrected chi connectivity index (χ2v) is 13.8. The molecule has 0 amide bonds. The molecule has 0 unspecified atom stereocenters. The van der Waals surface area contributed by atoms with E-state index in [-0.39, 0.29) is 29.8 Å². The second-order valence-electron chi connectivity index (χ2n) is 9.02. The van der Waals surface area contributed by atoms with Crippen molar-refractivity contribution in [3.63, 3.8) is 0 Å². The highest BCUT2D eigenvalue weighted by atomic mass is 28.4. The van der Waals surface area contributed by atoms with Gasteiger partial charge in [0.2, 0.25) is 0 Å². The van der Waals surface area contributed by atoms with E-state index >= 15 is 0 Å². The Morgan fingerprint density at radius 2 is 1.52 bits per heavy atom. The van der Waals surface area contributed by atoms with E-state index in [4.69, 9.17) is 9.16 Å². The Hall–Kier alpha value is -2.37. The van der Waals surface area contributed by atoms with Crippen LogP contribution < -0.4 is 5.32 Å². The summed E-state index contributed by atoms with van der Waals surface area (Å²) in [5.41, 5.74) is 3.01. The number of benzene rings is 2. The predicted molar refractivity (Wildman–Crippen MR) is 119 cm³/mol. The van der Waals surface area contributed by atoms with Crippen molar-refractivity contribution in [2.75, 3.05) is 6.61 Å². The van der Waals surface area contributed by atoms with E-state index < -0.39 is 8.32 Å². The molecular weight excluding hydrogens is 378 g/mol. The molecule has 0 bridgehead atoms. The minimum Gasteiger partial charge on any atom is -0.456 e. The van der Waals surface area contributed by atoms with Crippen molar-refractivity contribution < 1.29 is 14.0 Å². The summed E-state index contributed by atoms with van der Waals surface area (Å²) >= 11 is 0. The predicted octanol–water partition coefficient (Wildman–Crippen LogP) is 5.52. The van der Waals surface area contributed by atoms with Crippen LogP contribution in [0.5, 0.6) is 0 Å². The smallest absolute Gasteiger partial charge is 0.333 e. The largest absolute Gasteiger partial charge is 0.456 e. The molecule has 29 heavy (non-hydrogen) atoms. The van der Waals surface area contributed by atoms with Gasteiger partial charge in [0.05, 0.1) is 17.8 Å². The van der Waals surface area contributed by atoms with Crippen LogP contribution in [0.2, 0.25) is 18.1 Å². The quantitative estimate of drug-likeness (QED) is 0.483. The number of esters is 1. The van der Waals surface area contributed by atoms with Crippen molar-refractivity contribution in [3.8, 4) is 0 Å². The van der Waals surface area contributed by atoms with E-state index in [2.05, 4.69) is 63.4 Å². The van der Waals surface area contributed by atoms with Crippen LogP contribution in [0, 0.1) is 0 Å². The molecule has 0 saturated carbocycles. The van der Waals surface area contributed by atoms with Crippen LogP contribution in [-0.2, 0) is 14.0 Å². The van der Waals surface area contributed by atoms with Crippen molar-refractivity contribution in [1.82, 2.24) is 5.32 Å². The lowest BCUT2D eigenvalue weighted by atomic mass is 9.95. The zero-order valence-corrected chi connectivity index (χ0v) is 18.9. The molecule has 154 valence electrons. The molecule has 1 heterocycles. The Kier molecular flexibility index (Phi) is 6.29. The van der Waals surface area contributed by atoms with Crippen LogP contribution in [0.15, 0.2) is 72.4 Å². The van der Waals surface area contributed by atoms with E-state index in [0.29, 0.717) is 0 Å². The van der Waals surface area contributed by atoms with Gasteiger partial charge in [0, 0.05) is 6.08 Å². The zero-order valence-electron chi connectivity index (χ0n) is 17.9. The van der Waals surface area contributed by atoms with E-state index in [1.54, 1.807) is 0 Å². The van der Waals surface area contributed by atoms with E-state index in [1.807, 2.05) is 36.4 Å². The number of carbonyl (C=O) groups excluding carboxylic acids is 1. The average molecular weight is 410 g/mol. The van der Waals surface area contributed by atoms with Gasteiger partial charge in [-0.3, -0.25) is 0 Å². The third-order valence-corrected chi connectivity index (χ3v) is 10.3. The van der Waals surface area contributed by atoms with Gasteiger partial charge in [-0.15, -0.1) is 0 Å². The minimum atomic E-state index is -2.07. The standard InChI is InChI=1S/C24H31NO3Si/c1-24(2,3)29(4,5)28-23(19-14-10-7-11-15-19)22(18-12-8-6-9-13-18)25-20-16-21(26)27-17-20/h6-16,22-23,25H,17H2,1-5H3/t22-,23+/m1/s1. The highest BCUT2D eigenvalue weighted by Gasteiger charge is 2.41. The Morgan fingerprint density at radius 1 is 0.966 bits per heavy atom. The first-order valence-electron chi connectivity index (χ1n) is 10.1. The summed E-state index contributed by atoms with van der Waals surface area (Å²) in [7, 11) is -2.07. The first-order valence-corrected chi connectivity index (χ1v) is 13.0. The minimum absolute atomic E-state index is 0.0764. The summed E-state index contributed by atoms with van der Waals surface area (Å²) in [6.45, 7) is 11.6. The number of hydrogen-bond acceptors (Lipinski definition) is 4. The molecule has 1 aliphatic rings. The first-order chi connectivity index (χ1) is 13.7. The molecule has 0 fully saturated rings. The molecule has 2 atom stereocenters. The topological polar surface area (TPSA) is 47.6 Å². The fraction of sp³-hybridized carbons (Fsp3) is 0.375. The average Bonchev–Trinajstić information content (AvgIpc) is 3.10. The fourth-order valence-corrected chi connectivity index (χ4v) is 4.38. The van der Waals surface area contributed by atoms with Gasteiger partial charge in [0.1, 0.15) is 6.61 Å². The molecular formula is C24H31NO3Si. The Morgan fingerprint density at radius 3 is 2.00 bits per heavy atom. The van der Waals surface area contributed by atoms with Crippen molar-refractivity contribution in [2.24, 2.45) is 0 Å². The summed E-state index contributed by atoms with van der Waals surface area (Å²) in [5, 5.41) is 3.62. The number of cyclic esters (lactones) is 1. The first kappa shape index (κ1) is 21.3. The molecule has 2 aromatic carbocycles. The number of hydrogen-bond donors (Lipinski definition) is 1. The van der Waals surface area contributed by atoms with E-state index in [0.717, 1.165) is 16.8 Å². The molecule has 0 radical (unpaired) electrons. The van der Waals surface area contributed by atoms with E-state index in [9.17, 15) is 4.79 Å². The summed E-state index contributed by atoms with van der Waals surface area (Å²) in [4.78, 5) is 11.6. The number of nitrogens with one attached hydrogen (secondary N) is 1. The molecule has 0 spiro atoms. The van der Waals surface area contributed by atoms with Crippen LogP contribution in [-0.4, -0.2) is 20.9 Å². The summed E-state index contributed by atoms with van der Waals surface area (Å²) in [6.07, 6.45) is 1.33. The molecule has 3 rings (SSSR count). The summed E-state index contributed by atoms with van der Waals surface area (Å²) < 4.78 is 12.1. The zero-order chi connectivity index (χ0) is 21.1. The highest BCUT2D eigenvalue weighted by Crippen LogP contribution is 2.43. The van der Waals surface area contributed by atoms with Gasteiger partial charge in [0.25, 0.3) is 0 Å². The van der Waals surface area contributed by atoms with Gasteiger partial charge < -0.3 is 14.5 Å². The fourth-order valence-electron chi connectivity index (χ4n) is 3.12. The van der Waals surface area contributed by atoms with Crippen LogP contribution in [0.3, 0.4) is 0 Å². The second kappa shape index (κ2) is 8.55. The van der Waals surface area contributed by atoms with Gasteiger partial charge in [-0.1, -0.05) is 81.4 Å². The summed E-state index contributed by atoms with van der Waals surface area (Å²) in [6, 6.07) is 20.4. The molecule has 0 aliphatic carbocycles. The monoisotopic (exact) mass is 409 g/mol. The maximum atomic E-state index is 11.6. The van der Waals surface area contributed by atoms with Crippen LogP contribution >= 0.6 is 0 Å².